The molecular weight excluding hydrogens is 135 g/mol. The minimum absolute atomic E-state index is 0.335. The van der Waals surface area contributed by atoms with Crippen molar-refractivity contribution in [2.45, 2.75) is 0 Å². The number of benzene rings is 1. The Morgan fingerprint density at radius 3 is 2.40 bits per heavy atom. The van der Waals surface area contributed by atoms with Crippen LogP contribution in [0.3, 0.4) is 0 Å². The molecule has 0 aliphatic carbocycles. The molecule has 1 radical (unpaired) electrons. The summed E-state index contributed by atoms with van der Waals surface area (Å²) < 4.78 is 16.7. The Morgan fingerprint density at radius 2 is 1.90 bits per heavy atom. The lowest BCUT2D eigenvalue weighted by Crippen LogP contribution is -1.92. The molecule has 0 N–H and O–H groups in total. The fraction of sp³-hybridized carbons (Fsp3) is 0.143. The molecule has 0 saturated carbocycles. The Bertz CT molecular complexity index is 195. The van der Waals surface area contributed by atoms with Gasteiger partial charge in [-0.3, -0.25) is 0 Å². The van der Waals surface area contributed by atoms with Crippen LogP contribution in [0.1, 0.15) is 0 Å². The van der Waals surface area contributed by atoms with E-state index in [9.17, 15) is 9.50 Å². The van der Waals surface area contributed by atoms with E-state index in [1.165, 1.54) is 24.3 Å². The van der Waals surface area contributed by atoms with Gasteiger partial charge in [0.25, 0.3) is 0 Å². The molecule has 0 fully saturated rings. The first-order valence-corrected chi connectivity index (χ1v) is 2.79. The highest BCUT2D eigenvalue weighted by Gasteiger charge is 1.91. The summed E-state index contributed by atoms with van der Waals surface area (Å²) in [4.78, 5) is 0. The van der Waals surface area contributed by atoms with Crippen LogP contribution >= 0.6 is 0 Å². The molecule has 2 nitrogen and oxygen atoms in total. The predicted molar refractivity (Wildman–Crippen MR) is 32.6 cm³/mol. The van der Waals surface area contributed by atoms with E-state index in [4.69, 9.17) is 0 Å². The number of rotatable bonds is 2. The van der Waals surface area contributed by atoms with Gasteiger partial charge in [0, 0.05) is 0 Å². The second kappa shape index (κ2) is 3.17. The van der Waals surface area contributed by atoms with E-state index in [-0.39, 0.29) is 5.82 Å². The van der Waals surface area contributed by atoms with Crippen LogP contribution in [0.2, 0.25) is 0 Å². The zero-order valence-corrected chi connectivity index (χ0v) is 5.21. The molecule has 0 saturated heterocycles. The first-order chi connectivity index (χ1) is 4.83. The lowest BCUT2D eigenvalue weighted by atomic mass is 10.3. The van der Waals surface area contributed by atoms with E-state index in [2.05, 4.69) is 4.74 Å². The lowest BCUT2D eigenvalue weighted by Gasteiger charge is -1.98. The molecule has 1 aromatic rings. The summed E-state index contributed by atoms with van der Waals surface area (Å²) in [7, 11) is 0. The highest BCUT2D eigenvalue weighted by atomic mass is 19.1. The molecule has 1 aromatic carbocycles. The van der Waals surface area contributed by atoms with Crippen LogP contribution in [-0.4, -0.2) is 6.79 Å². The molecule has 0 heterocycles. The summed E-state index contributed by atoms with van der Waals surface area (Å²) >= 11 is 0. The van der Waals surface area contributed by atoms with Gasteiger partial charge in [-0.2, -0.15) is 5.11 Å². The van der Waals surface area contributed by atoms with Gasteiger partial charge in [-0.25, -0.2) is 4.39 Å². The van der Waals surface area contributed by atoms with Crippen molar-refractivity contribution < 1.29 is 14.2 Å². The van der Waals surface area contributed by atoms with Gasteiger partial charge in [-0.05, 0) is 24.3 Å². The minimum atomic E-state index is -0.633. The maximum atomic E-state index is 12.2. The molecule has 0 unspecified atom stereocenters. The summed E-state index contributed by atoms with van der Waals surface area (Å²) in [5, 5.41) is 9.87. The Hall–Kier alpha value is -1.09. The number of hydrogen-bond acceptors (Lipinski definition) is 1. The smallest absolute Gasteiger partial charge is 0.221 e. The van der Waals surface area contributed by atoms with Crippen molar-refractivity contribution >= 4 is 0 Å². The third-order valence-electron chi connectivity index (χ3n) is 1.04. The molecule has 0 bridgehead atoms. The molecule has 1 rings (SSSR count). The zero-order valence-electron chi connectivity index (χ0n) is 5.21. The molecule has 0 atom stereocenters. The Morgan fingerprint density at radius 1 is 1.30 bits per heavy atom. The third kappa shape index (κ3) is 1.70. The Labute approximate surface area is 57.9 Å². The van der Waals surface area contributed by atoms with Crippen LogP contribution < -0.4 is 4.74 Å². The van der Waals surface area contributed by atoms with E-state index in [1.54, 1.807) is 0 Å². The third-order valence-corrected chi connectivity index (χ3v) is 1.04. The second-order valence-corrected chi connectivity index (χ2v) is 1.72. The lowest BCUT2D eigenvalue weighted by molar-refractivity contribution is 0.0375. The Kier molecular flexibility index (Phi) is 2.23. The number of hydrogen-bond donors (Lipinski definition) is 0. The van der Waals surface area contributed by atoms with Crippen molar-refractivity contribution in [1.29, 1.82) is 0 Å². The Balaban J connectivity index is 2.69. The first-order valence-electron chi connectivity index (χ1n) is 2.79. The van der Waals surface area contributed by atoms with E-state index in [0.29, 0.717) is 5.75 Å². The van der Waals surface area contributed by atoms with Gasteiger partial charge >= 0.3 is 0 Å². The summed E-state index contributed by atoms with van der Waals surface area (Å²) in [5.41, 5.74) is 0. The average molecular weight is 141 g/mol. The fourth-order valence-corrected chi connectivity index (χ4v) is 0.599. The van der Waals surface area contributed by atoms with E-state index in [1.807, 2.05) is 0 Å². The first kappa shape index (κ1) is 7.02. The van der Waals surface area contributed by atoms with Crippen molar-refractivity contribution in [3.8, 4) is 5.75 Å². The van der Waals surface area contributed by atoms with Gasteiger partial charge in [0.1, 0.15) is 11.6 Å². The predicted octanol–water partition coefficient (Wildman–Crippen LogP) is 1.59. The summed E-state index contributed by atoms with van der Waals surface area (Å²) in [6, 6.07) is 5.30. The van der Waals surface area contributed by atoms with Crippen LogP contribution in [0.4, 0.5) is 4.39 Å². The molecule has 0 amide bonds. The molecule has 0 aromatic heterocycles. The largest absolute Gasteiger partial charge is 0.465 e. The molecule has 10 heavy (non-hydrogen) atoms. The topological polar surface area (TPSA) is 29.1 Å². The molecule has 3 heteroatoms. The monoisotopic (exact) mass is 141 g/mol. The molecule has 0 aliphatic rings. The fourth-order valence-electron chi connectivity index (χ4n) is 0.599. The van der Waals surface area contributed by atoms with Crippen LogP contribution in [0, 0.1) is 5.82 Å². The zero-order chi connectivity index (χ0) is 7.40. The van der Waals surface area contributed by atoms with E-state index < -0.39 is 6.79 Å². The maximum Gasteiger partial charge on any atom is 0.221 e. The quantitative estimate of drug-likeness (QED) is 0.575. The van der Waals surface area contributed by atoms with Gasteiger partial charge < -0.3 is 4.74 Å². The average Bonchev–Trinajstić information content (AvgIpc) is 1.95. The summed E-state index contributed by atoms with van der Waals surface area (Å²) in [6.45, 7) is -0.633. The summed E-state index contributed by atoms with van der Waals surface area (Å²) in [6.07, 6.45) is 0. The second-order valence-electron chi connectivity index (χ2n) is 1.72. The van der Waals surface area contributed by atoms with Gasteiger partial charge in [-0.15, -0.1) is 0 Å². The molecule has 0 spiro atoms. The normalized spacial score (nSPS) is 9.40. The maximum absolute atomic E-state index is 12.2. The minimum Gasteiger partial charge on any atom is -0.465 e. The number of halogens is 1. The van der Waals surface area contributed by atoms with Crippen molar-refractivity contribution in [1.82, 2.24) is 0 Å². The highest BCUT2D eigenvalue weighted by molar-refractivity contribution is 5.21. The van der Waals surface area contributed by atoms with Crippen LogP contribution in [-0.2, 0) is 5.11 Å². The van der Waals surface area contributed by atoms with Crippen molar-refractivity contribution in [3.05, 3.63) is 30.1 Å². The van der Waals surface area contributed by atoms with E-state index >= 15 is 0 Å². The van der Waals surface area contributed by atoms with Gasteiger partial charge in [0.15, 0.2) is 0 Å². The molecular formula is C7H6FO2. The molecule has 53 valence electrons. The highest BCUT2D eigenvalue weighted by Crippen LogP contribution is 2.09. The van der Waals surface area contributed by atoms with Crippen molar-refractivity contribution in [3.63, 3.8) is 0 Å². The van der Waals surface area contributed by atoms with Gasteiger partial charge in [0.05, 0.1) is 0 Å². The van der Waals surface area contributed by atoms with Crippen molar-refractivity contribution in [2.75, 3.05) is 6.79 Å². The van der Waals surface area contributed by atoms with Gasteiger partial charge in [0.2, 0.25) is 6.79 Å². The SMILES string of the molecule is [O]COc1ccc(F)cc1. The molecule has 0 aliphatic heterocycles. The standard InChI is InChI=1S/C7H6FO2/c8-6-1-3-7(4-2-6)10-5-9/h1-4H,5H2. The summed E-state index contributed by atoms with van der Waals surface area (Å²) in [5.74, 6) is 0.0645. The van der Waals surface area contributed by atoms with Gasteiger partial charge in [-0.1, -0.05) is 0 Å². The van der Waals surface area contributed by atoms with Crippen molar-refractivity contribution in [2.24, 2.45) is 0 Å². The van der Waals surface area contributed by atoms with Crippen LogP contribution in [0.25, 0.3) is 0 Å². The van der Waals surface area contributed by atoms with Crippen LogP contribution in [0.5, 0.6) is 5.75 Å². The van der Waals surface area contributed by atoms with E-state index in [0.717, 1.165) is 0 Å². The van der Waals surface area contributed by atoms with Crippen LogP contribution in [0.15, 0.2) is 24.3 Å². The number of ether oxygens (including phenoxy) is 1.